The van der Waals surface area contributed by atoms with Crippen molar-refractivity contribution in [2.24, 2.45) is 5.92 Å². The Balaban J connectivity index is 2.13. The van der Waals surface area contributed by atoms with Gasteiger partial charge in [0.25, 0.3) is 0 Å². The van der Waals surface area contributed by atoms with Gasteiger partial charge in [0.2, 0.25) is 0 Å². The highest BCUT2D eigenvalue weighted by Crippen LogP contribution is 2.27. The molecule has 0 aromatic carbocycles. The highest BCUT2D eigenvalue weighted by Gasteiger charge is 2.23. The zero-order chi connectivity index (χ0) is 10.4. The van der Waals surface area contributed by atoms with E-state index < -0.39 is 0 Å². The zero-order valence-electron chi connectivity index (χ0n) is 9.58. The molecule has 1 aliphatic rings. The van der Waals surface area contributed by atoms with Crippen LogP contribution in [0.5, 0.6) is 0 Å². The topological polar surface area (TPSA) is 30.5 Å². The van der Waals surface area contributed by atoms with Crippen molar-refractivity contribution < 1.29 is 9.47 Å². The molecule has 2 atom stereocenters. The molecule has 0 aromatic heterocycles. The molecular formula is C11H23NO2. The summed E-state index contributed by atoms with van der Waals surface area (Å²) in [5.41, 5.74) is 0. The van der Waals surface area contributed by atoms with Crippen LogP contribution in [-0.2, 0) is 9.47 Å². The minimum absolute atomic E-state index is 0.101. The van der Waals surface area contributed by atoms with E-state index in [-0.39, 0.29) is 6.29 Å². The minimum Gasteiger partial charge on any atom is -0.355 e. The average Bonchev–Trinajstić information content (AvgIpc) is 2.67. The molecule has 0 aliphatic heterocycles. The predicted octanol–water partition coefficient (Wildman–Crippen LogP) is 1.77. The van der Waals surface area contributed by atoms with Crippen LogP contribution in [-0.4, -0.2) is 33.1 Å². The predicted molar refractivity (Wildman–Crippen MR) is 57.2 cm³/mol. The van der Waals surface area contributed by atoms with E-state index in [2.05, 4.69) is 12.2 Å². The first-order chi connectivity index (χ1) is 6.80. The van der Waals surface area contributed by atoms with Crippen LogP contribution in [0.15, 0.2) is 0 Å². The Morgan fingerprint density at radius 3 is 2.50 bits per heavy atom. The van der Waals surface area contributed by atoms with E-state index >= 15 is 0 Å². The number of hydrogen-bond acceptors (Lipinski definition) is 3. The standard InChI is InChI=1S/C11H23NO2/c1-4-9-5-6-10(7-9)12-8-11(13-2)14-3/h9-12H,4-8H2,1-3H3. The molecule has 0 aromatic rings. The summed E-state index contributed by atoms with van der Waals surface area (Å²) in [5.74, 6) is 0.927. The lowest BCUT2D eigenvalue weighted by atomic mass is 10.1. The molecule has 14 heavy (non-hydrogen) atoms. The van der Waals surface area contributed by atoms with Gasteiger partial charge in [-0.25, -0.2) is 0 Å². The Hall–Kier alpha value is -0.120. The summed E-state index contributed by atoms with van der Waals surface area (Å²) >= 11 is 0. The van der Waals surface area contributed by atoms with Crippen LogP contribution in [0.25, 0.3) is 0 Å². The van der Waals surface area contributed by atoms with Crippen LogP contribution >= 0.6 is 0 Å². The third kappa shape index (κ3) is 3.56. The molecular weight excluding hydrogens is 178 g/mol. The summed E-state index contributed by atoms with van der Waals surface area (Å²) < 4.78 is 10.3. The molecule has 0 saturated heterocycles. The molecule has 1 fully saturated rings. The van der Waals surface area contributed by atoms with E-state index in [9.17, 15) is 0 Å². The SMILES string of the molecule is CCC1CCC(NCC(OC)OC)C1. The van der Waals surface area contributed by atoms with Gasteiger partial charge in [0, 0.05) is 26.8 Å². The van der Waals surface area contributed by atoms with Gasteiger partial charge in [0.15, 0.2) is 6.29 Å². The number of ether oxygens (including phenoxy) is 2. The second kappa shape index (κ2) is 6.38. The molecule has 84 valence electrons. The quantitative estimate of drug-likeness (QED) is 0.664. The number of methoxy groups -OCH3 is 2. The van der Waals surface area contributed by atoms with Crippen molar-refractivity contribution in [1.29, 1.82) is 0 Å². The number of rotatable bonds is 6. The van der Waals surface area contributed by atoms with Gasteiger partial charge in [0.05, 0.1) is 0 Å². The van der Waals surface area contributed by atoms with Gasteiger partial charge in [-0.15, -0.1) is 0 Å². The molecule has 3 nitrogen and oxygen atoms in total. The summed E-state index contributed by atoms with van der Waals surface area (Å²) in [7, 11) is 3.36. The summed E-state index contributed by atoms with van der Waals surface area (Å²) in [5, 5.41) is 3.50. The molecule has 1 N–H and O–H groups in total. The van der Waals surface area contributed by atoms with Crippen LogP contribution in [0.3, 0.4) is 0 Å². The second-order valence-electron chi connectivity index (χ2n) is 4.09. The lowest BCUT2D eigenvalue weighted by Gasteiger charge is -2.18. The maximum Gasteiger partial charge on any atom is 0.169 e. The van der Waals surface area contributed by atoms with Crippen LogP contribution < -0.4 is 5.32 Å². The Labute approximate surface area is 87.2 Å². The molecule has 0 spiro atoms. The Bertz CT molecular complexity index is 148. The fourth-order valence-electron chi connectivity index (χ4n) is 2.16. The molecule has 1 aliphatic carbocycles. The smallest absolute Gasteiger partial charge is 0.169 e. The summed E-state index contributed by atoms with van der Waals surface area (Å²) in [6.45, 7) is 3.08. The van der Waals surface area contributed by atoms with Gasteiger partial charge < -0.3 is 14.8 Å². The highest BCUT2D eigenvalue weighted by molar-refractivity contribution is 4.79. The Morgan fingerprint density at radius 1 is 1.29 bits per heavy atom. The van der Waals surface area contributed by atoms with Crippen molar-refractivity contribution in [1.82, 2.24) is 5.32 Å². The lowest BCUT2D eigenvalue weighted by molar-refractivity contribution is -0.0998. The molecule has 2 unspecified atom stereocenters. The van der Waals surface area contributed by atoms with Crippen LogP contribution in [0.1, 0.15) is 32.6 Å². The van der Waals surface area contributed by atoms with Crippen LogP contribution in [0, 0.1) is 5.92 Å². The second-order valence-corrected chi connectivity index (χ2v) is 4.09. The first-order valence-corrected chi connectivity index (χ1v) is 5.59. The third-order valence-electron chi connectivity index (χ3n) is 3.22. The van der Waals surface area contributed by atoms with E-state index in [0.29, 0.717) is 6.04 Å². The summed E-state index contributed by atoms with van der Waals surface area (Å²) in [6.07, 6.45) is 5.21. The van der Waals surface area contributed by atoms with E-state index in [0.717, 1.165) is 12.5 Å². The van der Waals surface area contributed by atoms with Crippen molar-refractivity contribution >= 4 is 0 Å². The van der Waals surface area contributed by atoms with Gasteiger partial charge in [-0.2, -0.15) is 0 Å². The van der Waals surface area contributed by atoms with Gasteiger partial charge in [-0.05, 0) is 25.2 Å². The molecule has 3 heteroatoms. The maximum absolute atomic E-state index is 5.13. The normalized spacial score (nSPS) is 27.4. The van der Waals surface area contributed by atoms with Crippen LogP contribution in [0.2, 0.25) is 0 Å². The van der Waals surface area contributed by atoms with Gasteiger partial charge in [-0.3, -0.25) is 0 Å². The number of hydrogen-bond donors (Lipinski definition) is 1. The van der Waals surface area contributed by atoms with E-state index in [1.807, 2.05) is 0 Å². The summed E-state index contributed by atoms with van der Waals surface area (Å²) in [6, 6.07) is 0.674. The van der Waals surface area contributed by atoms with Gasteiger partial charge in [-0.1, -0.05) is 13.3 Å². The van der Waals surface area contributed by atoms with Crippen molar-refractivity contribution in [2.75, 3.05) is 20.8 Å². The fraction of sp³-hybridized carbons (Fsp3) is 1.00. The molecule has 0 radical (unpaired) electrons. The maximum atomic E-state index is 5.13. The average molecular weight is 201 g/mol. The fourth-order valence-corrected chi connectivity index (χ4v) is 2.16. The van der Waals surface area contributed by atoms with Crippen molar-refractivity contribution in [3.8, 4) is 0 Å². The molecule has 0 heterocycles. The largest absolute Gasteiger partial charge is 0.355 e. The monoisotopic (exact) mass is 201 g/mol. The highest BCUT2D eigenvalue weighted by atomic mass is 16.7. The van der Waals surface area contributed by atoms with E-state index in [1.165, 1.54) is 25.7 Å². The van der Waals surface area contributed by atoms with Crippen LogP contribution in [0.4, 0.5) is 0 Å². The first-order valence-electron chi connectivity index (χ1n) is 5.59. The summed E-state index contributed by atoms with van der Waals surface area (Å²) in [4.78, 5) is 0. The van der Waals surface area contributed by atoms with Crippen molar-refractivity contribution in [3.05, 3.63) is 0 Å². The van der Waals surface area contributed by atoms with Gasteiger partial charge in [0.1, 0.15) is 0 Å². The third-order valence-corrected chi connectivity index (χ3v) is 3.22. The van der Waals surface area contributed by atoms with Crippen molar-refractivity contribution in [3.63, 3.8) is 0 Å². The minimum atomic E-state index is -0.101. The molecule has 1 rings (SSSR count). The first kappa shape index (κ1) is 12.0. The Kier molecular flexibility index (Phi) is 5.45. The number of nitrogens with one attached hydrogen (secondary N) is 1. The van der Waals surface area contributed by atoms with E-state index in [4.69, 9.17) is 9.47 Å². The Morgan fingerprint density at radius 2 is 2.00 bits per heavy atom. The molecule has 0 amide bonds. The lowest BCUT2D eigenvalue weighted by Crippen LogP contribution is -2.35. The van der Waals surface area contributed by atoms with Gasteiger partial charge >= 0.3 is 0 Å². The molecule has 1 saturated carbocycles. The van der Waals surface area contributed by atoms with E-state index in [1.54, 1.807) is 14.2 Å². The molecule has 0 bridgehead atoms. The zero-order valence-corrected chi connectivity index (χ0v) is 9.58. The van der Waals surface area contributed by atoms with Crippen molar-refractivity contribution in [2.45, 2.75) is 44.9 Å².